The van der Waals surface area contributed by atoms with E-state index < -0.39 is 0 Å². The van der Waals surface area contributed by atoms with Crippen molar-refractivity contribution in [3.63, 3.8) is 0 Å². The van der Waals surface area contributed by atoms with Crippen LogP contribution in [0.25, 0.3) is 5.69 Å². The van der Waals surface area contributed by atoms with Crippen LogP contribution >= 0.6 is 11.8 Å². The molecule has 0 bridgehead atoms. The minimum Gasteiger partial charge on any atom is -0.507 e. The normalized spacial score (nSPS) is 11.6. The Labute approximate surface area is 136 Å². The molecule has 0 atom stereocenters. The highest BCUT2D eigenvalue weighted by Crippen LogP contribution is 2.23. The Kier molecular flexibility index (Phi) is 4.53. The van der Waals surface area contributed by atoms with Crippen LogP contribution in [0.5, 0.6) is 5.75 Å². The quantitative estimate of drug-likeness (QED) is 0.323. The van der Waals surface area contributed by atoms with Gasteiger partial charge in [0.25, 0.3) is 0 Å². The van der Waals surface area contributed by atoms with Gasteiger partial charge < -0.3 is 10.3 Å². The van der Waals surface area contributed by atoms with E-state index in [1.807, 2.05) is 30.3 Å². The van der Waals surface area contributed by atoms with Gasteiger partial charge in [-0.3, -0.25) is 0 Å². The fourth-order valence-electron chi connectivity index (χ4n) is 2.01. The van der Waals surface area contributed by atoms with Crippen molar-refractivity contribution in [1.82, 2.24) is 20.2 Å². The molecule has 0 aliphatic rings. The molecule has 0 aliphatic heterocycles. The predicted molar refractivity (Wildman–Crippen MR) is 86.3 cm³/mol. The highest BCUT2D eigenvalue weighted by Gasteiger charge is 2.14. The third kappa shape index (κ3) is 3.32. The highest BCUT2D eigenvalue weighted by molar-refractivity contribution is 7.99. The molecule has 8 heteroatoms. The molecular formula is C15H13N5O2S. The maximum Gasteiger partial charge on any atom is 0.214 e. The zero-order valence-electron chi connectivity index (χ0n) is 11.9. The summed E-state index contributed by atoms with van der Waals surface area (Å²) in [5, 5.41) is 34.5. The number of aromatic hydroxyl groups is 1. The van der Waals surface area contributed by atoms with Crippen molar-refractivity contribution in [2.45, 2.75) is 5.16 Å². The molecule has 0 radical (unpaired) electrons. The first kappa shape index (κ1) is 15.0. The summed E-state index contributed by atoms with van der Waals surface area (Å²) in [6.07, 6.45) is 0. The van der Waals surface area contributed by atoms with E-state index in [9.17, 15) is 10.3 Å². The SMILES string of the molecule is O/N=C(\CSc1nnnn1-c1ccccc1)c1ccccc1O. The number of aromatic nitrogens is 4. The van der Waals surface area contributed by atoms with Crippen LogP contribution in [0, 0.1) is 0 Å². The number of phenolic OH excluding ortho intramolecular Hbond substituents is 1. The number of tetrazole rings is 1. The number of phenols is 1. The fourth-order valence-corrected chi connectivity index (χ4v) is 2.85. The van der Waals surface area contributed by atoms with Crippen molar-refractivity contribution < 1.29 is 10.3 Å². The molecule has 0 saturated heterocycles. The van der Waals surface area contributed by atoms with Gasteiger partial charge in [0.05, 0.1) is 5.69 Å². The number of hydrogen-bond acceptors (Lipinski definition) is 7. The van der Waals surface area contributed by atoms with E-state index in [0.717, 1.165) is 5.69 Å². The molecule has 23 heavy (non-hydrogen) atoms. The van der Waals surface area contributed by atoms with Crippen molar-refractivity contribution in [3.05, 3.63) is 60.2 Å². The molecule has 0 amide bonds. The largest absolute Gasteiger partial charge is 0.507 e. The zero-order chi connectivity index (χ0) is 16.1. The molecule has 3 rings (SSSR count). The van der Waals surface area contributed by atoms with Gasteiger partial charge in [0.1, 0.15) is 11.5 Å². The van der Waals surface area contributed by atoms with E-state index in [4.69, 9.17) is 0 Å². The summed E-state index contributed by atoms with van der Waals surface area (Å²) < 4.78 is 1.60. The molecule has 3 aromatic rings. The summed E-state index contributed by atoms with van der Waals surface area (Å²) >= 11 is 1.31. The molecule has 0 saturated carbocycles. The van der Waals surface area contributed by atoms with E-state index in [-0.39, 0.29) is 5.75 Å². The second-order valence-corrected chi connectivity index (χ2v) is 5.50. The van der Waals surface area contributed by atoms with E-state index in [1.54, 1.807) is 28.9 Å². The molecule has 1 heterocycles. The number of rotatable bonds is 5. The predicted octanol–water partition coefficient (Wildman–Crippen LogP) is 2.34. The lowest BCUT2D eigenvalue weighted by Gasteiger charge is -2.07. The second-order valence-electron chi connectivity index (χ2n) is 4.56. The maximum absolute atomic E-state index is 9.86. The lowest BCUT2D eigenvalue weighted by Crippen LogP contribution is -2.06. The summed E-state index contributed by atoms with van der Waals surface area (Å²) in [6.45, 7) is 0. The summed E-state index contributed by atoms with van der Waals surface area (Å²) in [5.41, 5.74) is 1.65. The minimum absolute atomic E-state index is 0.0588. The van der Waals surface area contributed by atoms with Crippen LogP contribution < -0.4 is 0 Å². The van der Waals surface area contributed by atoms with Crippen LogP contribution in [0.3, 0.4) is 0 Å². The van der Waals surface area contributed by atoms with E-state index in [2.05, 4.69) is 20.7 Å². The topological polar surface area (TPSA) is 96.4 Å². The van der Waals surface area contributed by atoms with Crippen LogP contribution in [0.15, 0.2) is 64.9 Å². The molecule has 0 aliphatic carbocycles. The number of oxime groups is 1. The van der Waals surface area contributed by atoms with Gasteiger partial charge in [-0.15, -0.1) is 5.10 Å². The van der Waals surface area contributed by atoms with Crippen LogP contribution in [-0.4, -0.2) is 42.0 Å². The number of nitrogens with zero attached hydrogens (tertiary/aromatic N) is 5. The van der Waals surface area contributed by atoms with Crippen molar-refractivity contribution in [1.29, 1.82) is 0 Å². The monoisotopic (exact) mass is 327 g/mol. The molecule has 0 fully saturated rings. The van der Waals surface area contributed by atoms with Crippen LogP contribution in [0.4, 0.5) is 0 Å². The van der Waals surface area contributed by atoms with Crippen LogP contribution in [0.2, 0.25) is 0 Å². The number of thioether (sulfide) groups is 1. The summed E-state index contributed by atoms with van der Waals surface area (Å²) in [6, 6.07) is 16.2. The fraction of sp³-hybridized carbons (Fsp3) is 0.0667. The third-order valence-corrected chi connectivity index (χ3v) is 4.05. The van der Waals surface area contributed by atoms with Crippen molar-refractivity contribution in [2.75, 3.05) is 5.75 Å². The van der Waals surface area contributed by atoms with Gasteiger partial charge in [0.15, 0.2) is 0 Å². The summed E-state index contributed by atoms with van der Waals surface area (Å²) in [4.78, 5) is 0. The summed E-state index contributed by atoms with van der Waals surface area (Å²) in [5.74, 6) is 0.366. The Bertz CT molecular complexity index is 819. The van der Waals surface area contributed by atoms with Gasteiger partial charge >= 0.3 is 0 Å². The lowest BCUT2D eigenvalue weighted by molar-refractivity contribution is 0.319. The van der Waals surface area contributed by atoms with E-state index in [0.29, 0.717) is 22.2 Å². The van der Waals surface area contributed by atoms with E-state index in [1.165, 1.54) is 11.8 Å². The van der Waals surface area contributed by atoms with Gasteiger partial charge in [0.2, 0.25) is 5.16 Å². The third-order valence-electron chi connectivity index (χ3n) is 3.12. The van der Waals surface area contributed by atoms with Crippen molar-refractivity contribution in [3.8, 4) is 11.4 Å². The first-order valence-electron chi connectivity index (χ1n) is 6.75. The molecule has 1 aromatic heterocycles. The molecule has 2 aromatic carbocycles. The molecule has 2 N–H and O–H groups in total. The second kappa shape index (κ2) is 6.93. The van der Waals surface area contributed by atoms with Gasteiger partial charge in [-0.05, 0) is 34.7 Å². The Balaban J connectivity index is 1.79. The first-order valence-corrected chi connectivity index (χ1v) is 7.74. The Morgan fingerprint density at radius 1 is 1.09 bits per heavy atom. The smallest absolute Gasteiger partial charge is 0.214 e. The number of para-hydroxylation sites is 2. The standard InChI is InChI=1S/C15H13N5O2S/c21-14-9-5-4-8-12(14)13(17-22)10-23-15-16-18-19-20(15)11-6-2-1-3-7-11/h1-9,21-22H,10H2/b17-13+. The Hall–Kier alpha value is -2.87. The maximum atomic E-state index is 9.86. The average Bonchev–Trinajstić information content (AvgIpc) is 3.06. The zero-order valence-corrected chi connectivity index (χ0v) is 12.8. The number of benzene rings is 2. The van der Waals surface area contributed by atoms with Gasteiger partial charge in [0, 0.05) is 11.3 Å². The number of hydrogen-bond donors (Lipinski definition) is 2. The summed E-state index contributed by atoms with van der Waals surface area (Å²) in [7, 11) is 0. The van der Waals surface area contributed by atoms with Crippen LogP contribution in [0.1, 0.15) is 5.56 Å². The molecule has 0 spiro atoms. The van der Waals surface area contributed by atoms with E-state index >= 15 is 0 Å². The highest BCUT2D eigenvalue weighted by atomic mass is 32.2. The molecule has 0 unspecified atom stereocenters. The van der Waals surface area contributed by atoms with Crippen LogP contribution in [-0.2, 0) is 0 Å². The molecule has 116 valence electrons. The average molecular weight is 327 g/mol. The van der Waals surface area contributed by atoms with Crippen molar-refractivity contribution >= 4 is 17.5 Å². The molecular weight excluding hydrogens is 314 g/mol. The first-order chi connectivity index (χ1) is 11.3. The van der Waals surface area contributed by atoms with Gasteiger partial charge in [-0.2, -0.15) is 4.68 Å². The Morgan fingerprint density at radius 2 is 1.83 bits per heavy atom. The van der Waals surface area contributed by atoms with Gasteiger partial charge in [-0.25, -0.2) is 0 Å². The molecule has 7 nitrogen and oxygen atoms in total. The van der Waals surface area contributed by atoms with Gasteiger partial charge in [-0.1, -0.05) is 47.2 Å². The van der Waals surface area contributed by atoms with Crippen molar-refractivity contribution in [2.24, 2.45) is 5.16 Å². The lowest BCUT2D eigenvalue weighted by atomic mass is 10.1. The Morgan fingerprint density at radius 3 is 2.57 bits per heavy atom. The minimum atomic E-state index is 0.0588.